The second kappa shape index (κ2) is 7.47. The molecule has 0 unspecified atom stereocenters. The molecule has 164 valence electrons. The van der Waals surface area contributed by atoms with Gasteiger partial charge in [-0.2, -0.15) is 0 Å². The van der Waals surface area contributed by atoms with Gasteiger partial charge in [-0.05, 0) is 23.1 Å². The minimum absolute atomic E-state index is 0.0223. The number of nitro benzene ring substituents is 1. The van der Waals surface area contributed by atoms with Crippen LogP contribution in [0.1, 0.15) is 36.7 Å². The quantitative estimate of drug-likeness (QED) is 0.504. The average Bonchev–Trinajstić information content (AvgIpc) is 3.14. The Morgan fingerprint density at radius 3 is 2.69 bits per heavy atom. The lowest BCUT2D eigenvalue weighted by molar-refractivity contribution is -0.384. The van der Waals surface area contributed by atoms with Gasteiger partial charge in [0.1, 0.15) is 6.04 Å². The summed E-state index contributed by atoms with van der Waals surface area (Å²) >= 11 is 0. The predicted octanol–water partition coefficient (Wildman–Crippen LogP) is 3.42. The van der Waals surface area contributed by atoms with Crippen molar-refractivity contribution < 1.29 is 14.5 Å². The van der Waals surface area contributed by atoms with Gasteiger partial charge in [0.05, 0.1) is 17.5 Å². The van der Waals surface area contributed by atoms with Crippen LogP contribution in [0.15, 0.2) is 48.5 Å². The zero-order valence-corrected chi connectivity index (χ0v) is 17.9. The molecule has 0 aliphatic carbocycles. The van der Waals surface area contributed by atoms with Crippen LogP contribution in [-0.2, 0) is 16.0 Å². The van der Waals surface area contributed by atoms with E-state index in [1.54, 1.807) is 21.9 Å². The summed E-state index contributed by atoms with van der Waals surface area (Å²) in [6, 6.07) is 13.0. The van der Waals surface area contributed by atoms with E-state index in [4.69, 9.17) is 0 Å². The normalized spacial score (nSPS) is 20.6. The maximum absolute atomic E-state index is 13.5. The second-order valence-electron chi connectivity index (χ2n) is 8.95. The average molecular weight is 432 g/mol. The van der Waals surface area contributed by atoms with Crippen molar-refractivity contribution in [1.29, 1.82) is 0 Å². The van der Waals surface area contributed by atoms with Crippen molar-refractivity contribution in [3.8, 4) is 0 Å². The number of hydrogen-bond donors (Lipinski definition) is 1. The third-order valence-electron chi connectivity index (χ3n) is 6.32. The summed E-state index contributed by atoms with van der Waals surface area (Å²) in [5, 5.41) is 12.4. The van der Waals surface area contributed by atoms with Gasteiger partial charge in [0.25, 0.3) is 5.69 Å². The largest absolute Gasteiger partial charge is 0.356 e. The number of nitrogens with one attached hydrogen (secondary N) is 1. The molecule has 8 nitrogen and oxygen atoms in total. The van der Waals surface area contributed by atoms with E-state index >= 15 is 0 Å². The Labute approximate surface area is 185 Å². The fourth-order valence-electron chi connectivity index (χ4n) is 5.07. The minimum atomic E-state index is -0.633. The molecule has 32 heavy (non-hydrogen) atoms. The lowest BCUT2D eigenvalue weighted by atomic mass is 9.86. The zero-order chi connectivity index (χ0) is 22.6. The van der Waals surface area contributed by atoms with Crippen molar-refractivity contribution in [2.45, 2.75) is 32.4 Å². The van der Waals surface area contributed by atoms with Gasteiger partial charge in [0.15, 0.2) is 0 Å². The lowest BCUT2D eigenvalue weighted by Gasteiger charge is -2.47. The van der Waals surface area contributed by atoms with Crippen LogP contribution in [0, 0.1) is 16.0 Å². The third kappa shape index (κ3) is 3.14. The van der Waals surface area contributed by atoms with Crippen LogP contribution in [-0.4, -0.2) is 50.7 Å². The van der Waals surface area contributed by atoms with Crippen molar-refractivity contribution in [3.05, 3.63) is 75.5 Å². The highest BCUT2D eigenvalue weighted by Gasteiger charge is 2.48. The number of non-ortho nitro benzene ring substituents is 1. The zero-order valence-electron chi connectivity index (χ0n) is 17.9. The van der Waals surface area contributed by atoms with Crippen molar-refractivity contribution >= 4 is 28.4 Å². The van der Waals surface area contributed by atoms with Crippen LogP contribution in [0.2, 0.25) is 0 Å². The van der Waals surface area contributed by atoms with Gasteiger partial charge in [-0.25, -0.2) is 0 Å². The van der Waals surface area contributed by atoms with Gasteiger partial charge in [0.2, 0.25) is 11.8 Å². The predicted molar refractivity (Wildman–Crippen MR) is 119 cm³/mol. The van der Waals surface area contributed by atoms with E-state index in [-0.39, 0.29) is 30.0 Å². The maximum atomic E-state index is 13.5. The van der Waals surface area contributed by atoms with E-state index in [1.807, 2.05) is 38.1 Å². The van der Waals surface area contributed by atoms with E-state index in [2.05, 4.69) is 4.98 Å². The summed E-state index contributed by atoms with van der Waals surface area (Å²) in [7, 11) is 0. The molecule has 2 atom stereocenters. The number of nitro groups is 1. The molecule has 8 heteroatoms. The molecular weight excluding hydrogens is 408 g/mol. The monoisotopic (exact) mass is 432 g/mol. The Hall–Kier alpha value is -3.68. The van der Waals surface area contributed by atoms with Gasteiger partial charge in [-0.1, -0.05) is 44.2 Å². The number of carbonyl (C=O) groups is 2. The molecule has 2 aromatic carbocycles. The number of aromatic amines is 1. The third-order valence-corrected chi connectivity index (χ3v) is 6.32. The molecule has 1 aromatic heterocycles. The van der Waals surface area contributed by atoms with Gasteiger partial charge in [0, 0.05) is 41.7 Å². The number of carbonyl (C=O) groups excluding carboxylic acids is 2. The number of benzene rings is 2. The first kappa shape index (κ1) is 20.2. The molecule has 0 spiro atoms. The molecular formula is C24H24N4O4. The molecule has 2 amide bonds. The standard InChI is InChI=1S/C24H24N4O4/c1-14(2)12-26-13-21(29)27-20(24(26)30)11-18-17-8-3-4-9-19(17)25-22(18)23(27)15-6-5-7-16(10-15)28(31)32/h3-10,14,20,23,25H,11-13H2,1-2H3/t20-,23-/m0/s1. The lowest BCUT2D eigenvalue weighted by Crippen LogP contribution is -2.63. The van der Waals surface area contributed by atoms with E-state index in [1.165, 1.54) is 12.1 Å². The molecule has 0 saturated carbocycles. The summed E-state index contributed by atoms with van der Waals surface area (Å²) in [6.45, 7) is 4.59. The van der Waals surface area contributed by atoms with E-state index in [9.17, 15) is 19.7 Å². The fourth-order valence-corrected chi connectivity index (χ4v) is 5.07. The number of piperazine rings is 1. The molecule has 1 fully saturated rings. The Kier molecular flexibility index (Phi) is 4.73. The number of aromatic nitrogens is 1. The van der Waals surface area contributed by atoms with Crippen LogP contribution >= 0.6 is 0 Å². The molecule has 3 aromatic rings. The van der Waals surface area contributed by atoms with Crippen molar-refractivity contribution in [3.63, 3.8) is 0 Å². The van der Waals surface area contributed by atoms with E-state index < -0.39 is 17.0 Å². The smallest absolute Gasteiger partial charge is 0.269 e. The number of amides is 2. The Balaban J connectivity index is 1.69. The molecule has 3 heterocycles. The van der Waals surface area contributed by atoms with Gasteiger partial charge in [-0.3, -0.25) is 19.7 Å². The maximum Gasteiger partial charge on any atom is 0.269 e. The molecule has 1 saturated heterocycles. The summed E-state index contributed by atoms with van der Waals surface area (Å²) in [6.07, 6.45) is 0.421. The number of nitrogens with zero attached hydrogens (tertiary/aromatic N) is 3. The number of para-hydroxylation sites is 1. The van der Waals surface area contributed by atoms with E-state index in [0.29, 0.717) is 18.5 Å². The molecule has 0 radical (unpaired) electrons. The molecule has 5 rings (SSSR count). The molecule has 0 bridgehead atoms. The highest BCUT2D eigenvalue weighted by atomic mass is 16.6. The summed E-state index contributed by atoms with van der Waals surface area (Å²) in [5.41, 5.74) is 3.31. The molecule has 1 N–H and O–H groups in total. The summed E-state index contributed by atoms with van der Waals surface area (Å²) in [5.74, 6) is 0.0406. The number of fused-ring (bicyclic) bond motifs is 4. The fraction of sp³-hybridized carbons (Fsp3) is 0.333. The highest BCUT2D eigenvalue weighted by molar-refractivity contribution is 5.97. The minimum Gasteiger partial charge on any atom is -0.356 e. The molecule has 2 aliphatic rings. The summed E-state index contributed by atoms with van der Waals surface area (Å²) < 4.78 is 0. The first-order valence-electron chi connectivity index (χ1n) is 10.8. The van der Waals surface area contributed by atoms with Gasteiger partial charge >= 0.3 is 0 Å². The van der Waals surface area contributed by atoms with Crippen LogP contribution in [0.3, 0.4) is 0 Å². The number of hydrogen-bond acceptors (Lipinski definition) is 4. The molecule has 2 aliphatic heterocycles. The highest BCUT2D eigenvalue weighted by Crippen LogP contribution is 2.43. The first-order chi connectivity index (χ1) is 15.3. The number of H-pyrrole nitrogens is 1. The number of rotatable bonds is 4. The van der Waals surface area contributed by atoms with Gasteiger partial charge < -0.3 is 14.8 Å². The van der Waals surface area contributed by atoms with Crippen molar-refractivity contribution in [2.75, 3.05) is 13.1 Å². The van der Waals surface area contributed by atoms with Crippen LogP contribution in [0.5, 0.6) is 0 Å². The van der Waals surface area contributed by atoms with Gasteiger partial charge in [-0.15, -0.1) is 0 Å². The topological polar surface area (TPSA) is 99.5 Å². The van der Waals surface area contributed by atoms with Crippen LogP contribution < -0.4 is 0 Å². The SMILES string of the molecule is CC(C)CN1CC(=O)N2[C@@H](c3cccc([N+](=O)[O-])c3)c3[nH]c4ccccc4c3C[C@H]2C1=O. The van der Waals surface area contributed by atoms with Crippen molar-refractivity contribution in [1.82, 2.24) is 14.8 Å². The van der Waals surface area contributed by atoms with E-state index in [0.717, 1.165) is 22.2 Å². The second-order valence-corrected chi connectivity index (χ2v) is 8.95. The van der Waals surface area contributed by atoms with Crippen molar-refractivity contribution in [2.24, 2.45) is 5.92 Å². The first-order valence-corrected chi connectivity index (χ1v) is 10.8. The summed E-state index contributed by atoms with van der Waals surface area (Å²) in [4.78, 5) is 44.6. The van der Waals surface area contributed by atoms with Crippen LogP contribution in [0.25, 0.3) is 10.9 Å². The Bertz CT molecular complexity index is 1250. The Morgan fingerprint density at radius 1 is 1.16 bits per heavy atom. The van der Waals surface area contributed by atoms with Crippen LogP contribution in [0.4, 0.5) is 5.69 Å². The Morgan fingerprint density at radius 2 is 1.94 bits per heavy atom.